The van der Waals surface area contributed by atoms with Crippen LogP contribution in [0.15, 0.2) is 53.1 Å². The van der Waals surface area contributed by atoms with Crippen molar-refractivity contribution in [2.24, 2.45) is 0 Å². The standard InChI is InChI=1S/C20H19N3O2/c24-19(22-20-7-9-23(13-20)10-8-20)15-12-17(18-6-3-11-25-18)21-16-5-2-1-4-14(15)16/h1-6,11-12H,7-10,13H2,(H,22,24). The molecular weight excluding hydrogens is 314 g/mol. The highest BCUT2D eigenvalue weighted by molar-refractivity contribution is 6.07. The molecular formula is C20H19N3O2. The summed E-state index contributed by atoms with van der Waals surface area (Å²) in [5, 5.41) is 4.20. The Balaban J connectivity index is 1.58. The van der Waals surface area contributed by atoms with Crippen molar-refractivity contribution in [3.8, 4) is 11.5 Å². The lowest BCUT2D eigenvalue weighted by molar-refractivity contribution is 0.0909. The van der Waals surface area contributed by atoms with Crippen molar-refractivity contribution >= 4 is 16.8 Å². The van der Waals surface area contributed by atoms with Crippen LogP contribution < -0.4 is 5.32 Å². The van der Waals surface area contributed by atoms with Crippen molar-refractivity contribution in [3.63, 3.8) is 0 Å². The predicted octanol–water partition coefficient (Wildman–Crippen LogP) is 3.07. The highest BCUT2D eigenvalue weighted by Crippen LogP contribution is 2.33. The first-order chi connectivity index (χ1) is 12.2. The van der Waals surface area contributed by atoms with Gasteiger partial charge >= 0.3 is 0 Å². The van der Waals surface area contributed by atoms with Crippen LogP contribution in [0.25, 0.3) is 22.4 Å². The molecule has 2 saturated heterocycles. The minimum Gasteiger partial charge on any atom is -0.463 e. The fraction of sp³-hybridized carbons (Fsp3) is 0.300. The topological polar surface area (TPSA) is 58.4 Å². The maximum Gasteiger partial charge on any atom is 0.252 e. The molecule has 3 aromatic rings. The average molecular weight is 333 g/mol. The number of fused-ring (bicyclic) bond motifs is 3. The molecule has 1 aromatic carbocycles. The van der Waals surface area contributed by atoms with Crippen LogP contribution in [0, 0.1) is 0 Å². The van der Waals surface area contributed by atoms with Crippen molar-refractivity contribution in [1.29, 1.82) is 0 Å². The number of para-hydroxylation sites is 1. The number of nitrogens with one attached hydrogen (secondary N) is 1. The molecule has 0 spiro atoms. The van der Waals surface area contributed by atoms with Gasteiger partial charge < -0.3 is 14.6 Å². The number of pyridine rings is 1. The molecule has 0 unspecified atom stereocenters. The van der Waals surface area contributed by atoms with E-state index in [2.05, 4.69) is 15.2 Å². The van der Waals surface area contributed by atoms with Crippen LogP contribution in [0.5, 0.6) is 0 Å². The molecule has 5 rings (SSSR count). The van der Waals surface area contributed by atoms with Crippen LogP contribution in [0.4, 0.5) is 0 Å². The van der Waals surface area contributed by atoms with E-state index in [9.17, 15) is 4.79 Å². The lowest BCUT2D eigenvalue weighted by Gasteiger charge is -2.27. The second-order valence-corrected chi connectivity index (χ2v) is 7.06. The fourth-order valence-electron chi connectivity index (χ4n) is 4.11. The smallest absolute Gasteiger partial charge is 0.252 e. The molecule has 2 aliphatic heterocycles. The first-order valence-electron chi connectivity index (χ1n) is 8.71. The Hall–Kier alpha value is -2.66. The monoisotopic (exact) mass is 333 g/mol. The third-order valence-corrected chi connectivity index (χ3v) is 5.45. The van der Waals surface area contributed by atoms with Crippen LogP contribution in [0.3, 0.4) is 0 Å². The van der Waals surface area contributed by atoms with E-state index in [4.69, 9.17) is 4.42 Å². The van der Waals surface area contributed by atoms with Gasteiger partial charge in [0.25, 0.3) is 5.91 Å². The number of carbonyl (C=O) groups is 1. The number of aromatic nitrogens is 1. The maximum absolute atomic E-state index is 13.1. The number of carbonyl (C=O) groups excluding carboxylic acids is 1. The zero-order chi connectivity index (χ0) is 16.9. The molecule has 4 heterocycles. The molecule has 1 N–H and O–H groups in total. The Labute approximate surface area is 145 Å². The quantitative estimate of drug-likeness (QED) is 0.800. The lowest BCUT2D eigenvalue weighted by Crippen LogP contribution is -2.47. The van der Waals surface area contributed by atoms with Crippen molar-refractivity contribution in [2.45, 2.75) is 18.4 Å². The molecule has 5 heteroatoms. The van der Waals surface area contributed by atoms with Gasteiger partial charge in [-0.25, -0.2) is 4.98 Å². The van der Waals surface area contributed by atoms with Gasteiger partial charge in [-0.3, -0.25) is 4.79 Å². The SMILES string of the molecule is O=C(NC12CCN(CC1)C2)c1cc(-c2ccco2)nc2ccccc12. The minimum atomic E-state index is -0.0632. The maximum atomic E-state index is 13.1. The van der Waals surface area contributed by atoms with Crippen molar-refractivity contribution in [2.75, 3.05) is 19.6 Å². The molecule has 1 amide bonds. The summed E-state index contributed by atoms with van der Waals surface area (Å²) < 4.78 is 5.48. The Kier molecular flexibility index (Phi) is 3.18. The molecule has 126 valence electrons. The van der Waals surface area contributed by atoms with Gasteiger partial charge in [-0.2, -0.15) is 0 Å². The number of hydrogen-bond donors (Lipinski definition) is 1. The highest BCUT2D eigenvalue weighted by Gasteiger charge is 2.44. The van der Waals surface area contributed by atoms with E-state index in [1.807, 2.05) is 42.5 Å². The number of nitrogens with zero attached hydrogens (tertiary/aromatic N) is 2. The average Bonchev–Trinajstić information content (AvgIpc) is 3.37. The van der Waals surface area contributed by atoms with E-state index in [-0.39, 0.29) is 11.4 Å². The summed E-state index contributed by atoms with van der Waals surface area (Å²) >= 11 is 0. The highest BCUT2D eigenvalue weighted by atomic mass is 16.3. The summed E-state index contributed by atoms with van der Waals surface area (Å²) in [4.78, 5) is 20.2. The summed E-state index contributed by atoms with van der Waals surface area (Å²) in [6.07, 6.45) is 3.69. The van der Waals surface area contributed by atoms with Crippen LogP contribution in [-0.2, 0) is 0 Å². The first-order valence-corrected chi connectivity index (χ1v) is 8.71. The van der Waals surface area contributed by atoms with E-state index in [0.717, 1.165) is 43.4 Å². The summed E-state index contributed by atoms with van der Waals surface area (Å²) in [6.45, 7) is 3.12. The lowest BCUT2D eigenvalue weighted by atomic mass is 9.94. The van der Waals surface area contributed by atoms with Gasteiger partial charge in [-0.05, 0) is 37.1 Å². The van der Waals surface area contributed by atoms with Crippen LogP contribution >= 0.6 is 0 Å². The van der Waals surface area contributed by atoms with Crippen molar-refractivity contribution in [1.82, 2.24) is 15.2 Å². The van der Waals surface area contributed by atoms with Crippen LogP contribution in [0.2, 0.25) is 0 Å². The van der Waals surface area contributed by atoms with Crippen molar-refractivity contribution < 1.29 is 9.21 Å². The Morgan fingerprint density at radius 1 is 1.16 bits per heavy atom. The van der Waals surface area contributed by atoms with Gasteiger partial charge in [0.1, 0.15) is 5.69 Å². The normalized spacial score (nSPS) is 24.7. The van der Waals surface area contributed by atoms with E-state index in [1.54, 1.807) is 6.26 Å². The van der Waals surface area contributed by atoms with E-state index < -0.39 is 0 Å². The van der Waals surface area contributed by atoms with E-state index in [1.165, 1.54) is 0 Å². The molecule has 5 nitrogen and oxygen atoms in total. The first kappa shape index (κ1) is 14.7. The second kappa shape index (κ2) is 5.43. The van der Waals surface area contributed by atoms with Crippen LogP contribution in [0.1, 0.15) is 23.2 Å². The number of hydrogen-bond acceptors (Lipinski definition) is 4. The molecule has 2 aliphatic rings. The van der Waals surface area contributed by atoms with Gasteiger partial charge in [-0.1, -0.05) is 18.2 Å². The number of benzene rings is 1. The Bertz CT molecular complexity index is 941. The summed E-state index contributed by atoms with van der Waals surface area (Å²) in [7, 11) is 0. The molecule has 0 atom stereocenters. The second-order valence-electron chi connectivity index (χ2n) is 7.06. The minimum absolute atomic E-state index is 0.0184. The van der Waals surface area contributed by atoms with Gasteiger partial charge in [0.05, 0.1) is 22.9 Å². The summed E-state index contributed by atoms with van der Waals surface area (Å²) in [5.74, 6) is 0.654. The fourth-order valence-corrected chi connectivity index (χ4v) is 4.11. The number of amides is 1. The molecule has 2 fully saturated rings. The summed E-state index contributed by atoms with van der Waals surface area (Å²) in [5.41, 5.74) is 2.09. The zero-order valence-corrected chi connectivity index (χ0v) is 13.9. The molecule has 0 radical (unpaired) electrons. The van der Waals surface area contributed by atoms with Gasteiger partial charge in [0, 0.05) is 25.0 Å². The molecule has 25 heavy (non-hydrogen) atoms. The Morgan fingerprint density at radius 3 is 2.72 bits per heavy atom. The number of rotatable bonds is 3. The van der Waals surface area contributed by atoms with E-state index >= 15 is 0 Å². The van der Waals surface area contributed by atoms with E-state index in [0.29, 0.717) is 17.0 Å². The predicted molar refractivity (Wildman–Crippen MR) is 95.3 cm³/mol. The summed E-state index contributed by atoms with van der Waals surface area (Å²) in [6, 6.07) is 13.3. The van der Waals surface area contributed by atoms with Crippen LogP contribution in [-0.4, -0.2) is 41.0 Å². The Morgan fingerprint density at radius 2 is 2.00 bits per heavy atom. The molecule has 2 bridgehead atoms. The van der Waals surface area contributed by atoms with Gasteiger partial charge in [0.2, 0.25) is 0 Å². The molecule has 0 saturated carbocycles. The zero-order valence-electron chi connectivity index (χ0n) is 13.9. The van der Waals surface area contributed by atoms with Gasteiger partial charge in [0.15, 0.2) is 5.76 Å². The molecule has 0 aliphatic carbocycles. The third-order valence-electron chi connectivity index (χ3n) is 5.45. The number of piperidine rings is 1. The largest absolute Gasteiger partial charge is 0.463 e. The molecule has 2 aromatic heterocycles. The van der Waals surface area contributed by atoms with Gasteiger partial charge in [-0.15, -0.1) is 0 Å². The van der Waals surface area contributed by atoms with Crippen molar-refractivity contribution in [3.05, 3.63) is 54.3 Å². The number of furan rings is 1. The third kappa shape index (κ3) is 2.43.